The summed E-state index contributed by atoms with van der Waals surface area (Å²) in [4.78, 5) is 23.9. The van der Waals surface area contributed by atoms with Gasteiger partial charge in [0, 0.05) is 39.5 Å². The van der Waals surface area contributed by atoms with Gasteiger partial charge in [-0.05, 0) is 38.8 Å². The molecule has 1 saturated heterocycles. The fraction of sp³-hybridized carbons (Fsp3) is 0.640. The summed E-state index contributed by atoms with van der Waals surface area (Å²) in [5, 5.41) is 3.40. The lowest BCUT2D eigenvalue weighted by molar-refractivity contribution is 0.0209. The lowest BCUT2D eigenvalue weighted by Crippen LogP contribution is -2.40. The number of rotatable bonds is 8. The van der Waals surface area contributed by atoms with Crippen LogP contribution >= 0.6 is 0 Å². The molecule has 1 amide bonds. The van der Waals surface area contributed by atoms with Gasteiger partial charge in [0.15, 0.2) is 5.65 Å². The molecule has 0 atom stereocenters. The van der Waals surface area contributed by atoms with Crippen LogP contribution in [0.1, 0.15) is 32.8 Å². The fourth-order valence-corrected chi connectivity index (χ4v) is 4.69. The fourth-order valence-electron chi connectivity index (χ4n) is 3.93. The van der Waals surface area contributed by atoms with E-state index in [0.717, 1.165) is 47.2 Å². The summed E-state index contributed by atoms with van der Waals surface area (Å²) in [6, 6.07) is 1.39. The smallest absolute Gasteiger partial charge is 0.410 e. The Labute approximate surface area is 208 Å². The number of hydrogen-bond acceptors (Lipinski definition) is 7. The number of anilines is 1. The molecule has 0 radical (unpaired) electrons. The van der Waals surface area contributed by atoms with Crippen LogP contribution in [-0.4, -0.2) is 78.2 Å². The third-order valence-electron chi connectivity index (χ3n) is 5.99. The lowest BCUT2D eigenvalue weighted by Gasteiger charge is -2.29. The van der Waals surface area contributed by atoms with Crippen molar-refractivity contribution in [1.29, 1.82) is 0 Å². The van der Waals surface area contributed by atoms with Gasteiger partial charge in [-0.15, -0.1) is 0 Å². The summed E-state index contributed by atoms with van der Waals surface area (Å²) >= 11 is 0. The second kappa shape index (κ2) is 10.3. The predicted molar refractivity (Wildman–Crippen MR) is 140 cm³/mol. The van der Waals surface area contributed by atoms with E-state index in [1.54, 1.807) is 11.1 Å². The Balaban J connectivity index is 1.55. The molecule has 0 spiro atoms. The molecular formula is C25H39N5O4Si. The van der Waals surface area contributed by atoms with Gasteiger partial charge >= 0.3 is 6.09 Å². The Morgan fingerprint density at radius 3 is 2.66 bits per heavy atom. The van der Waals surface area contributed by atoms with Gasteiger partial charge in [0.1, 0.15) is 23.7 Å². The van der Waals surface area contributed by atoms with E-state index in [1.165, 1.54) is 0 Å². The van der Waals surface area contributed by atoms with Gasteiger partial charge in [-0.25, -0.2) is 14.8 Å². The Morgan fingerprint density at radius 1 is 1.29 bits per heavy atom. The van der Waals surface area contributed by atoms with Crippen molar-refractivity contribution in [3.05, 3.63) is 24.0 Å². The number of nitrogens with zero attached hydrogens (tertiary/aromatic N) is 4. The molecule has 0 aromatic carbocycles. The van der Waals surface area contributed by atoms with E-state index in [2.05, 4.69) is 37.2 Å². The normalized spacial score (nSPS) is 17.3. The molecule has 0 bridgehead atoms. The minimum Gasteiger partial charge on any atom is -0.444 e. The zero-order valence-corrected chi connectivity index (χ0v) is 22.9. The summed E-state index contributed by atoms with van der Waals surface area (Å²) in [5.74, 6) is 0.747. The van der Waals surface area contributed by atoms with Crippen molar-refractivity contribution in [2.75, 3.05) is 38.2 Å². The molecule has 1 N–H and O–H groups in total. The summed E-state index contributed by atoms with van der Waals surface area (Å²) in [5.41, 5.74) is 3.35. The van der Waals surface area contributed by atoms with Gasteiger partial charge in [0.2, 0.25) is 0 Å². The highest BCUT2D eigenvalue weighted by molar-refractivity contribution is 6.76. The van der Waals surface area contributed by atoms with Crippen LogP contribution in [0, 0.1) is 0 Å². The molecule has 10 heteroatoms. The molecule has 4 heterocycles. The summed E-state index contributed by atoms with van der Waals surface area (Å²) in [6.45, 7) is 16.4. The molecular weight excluding hydrogens is 462 g/mol. The molecule has 35 heavy (non-hydrogen) atoms. The molecule has 2 aliphatic rings. The van der Waals surface area contributed by atoms with E-state index < -0.39 is 13.7 Å². The number of hydrogen-bond donors (Lipinski definition) is 1. The first-order chi connectivity index (χ1) is 16.5. The third-order valence-corrected chi connectivity index (χ3v) is 7.69. The van der Waals surface area contributed by atoms with Crippen LogP contribution in [0.3, 0.4) is 0 Å². The average Bonchev–Trinajstić information content (AvgIpc) is 3.10. The van der Waals surface area contributed by atoms with Crippen molar-refractivity contribution in [1.82, 2.24) is 19.4 Å². The van der Waals surface area contributed by atoms with Crippen LogP contribution in [0.4, 0.5) is 10.6 Å². The predicted octanol–water partition coefficient (Wildman–Crippen LogP) is 4.58. The number of nitrogens with one attached hydrogen (secondary N) is 1. The van der Waals surface area contributed by atoms with Crippen molar-refractivity contribution in [2.45, 2.75) is 71.3 Å². The van der Waals surface area contributed by atoms with E-state index in [-0.39, 0.29) is 12.1 Å². The van der Waals surface area contributed by atoms with Crippen LogP contribution in [0.15, 0.2) is 18.5 Å². The van der Waals surface area contributed by atoms with Crippen molar-refractivity contribution in [2.24, 2.45) is 0 Å². The van der Waals surface area contributed by atoms with Gasteiger partial charge in [0.05, 0.1) is 25.5 Å². The first kappa shape index (κ1) is 25.7. The third kappa shape index (κ3) is 6.83. The van der Waals surface area contributed by atoms with Crippen molar-refractivity contribution in [3.8, 4) is 0 Å². The Kier molecular flexibility index (Phi) is 7.53. The first-order valence-corrected chi connectivity index (χ1v) is 16.1. The van der Waals surface area contributed by atoms with Gasteiger partial charge < -0.3 is 29.0 Å². The highest BCUT2D eigenvalue weighted by Crippen LogP contribution is 2.30. The average molecular weight is 502 g/mol. The number of aromatic nitrogens is 3. The van der Waals surface area contributed by atoms with E-state index in [9.17, 15) is 4.79 Å². The zero-order chi connectivity index (χ0) is 25.2. The number of carbonyl (C=O) groups excluding carboxylic acids is 1. The molecule has 2 aromatic rings. The van der Waals surface area contributed by atoms with Gasteiger partial charge in [-0.2, -0.15) is 0 Å². The van der Waals surface area contributed by atoms with Crippen molar-refractivity contribution < 1.29 is 19.0 Å². The van der Waals surface area contributed by atoms with Crippen LogP contribution in [-0.2, 0) is 20.9 Å². The summed E-state index contributed by atoms with van der Waals surface area (Å²) in [7, 11) is -1.16. The van der Waals surface area contributed by atoms with E-state index in [0.29, 0.717) is 33.0 Å². The van der Waals surface area contributed by atoms with Crippen LogP contribution in [0.2, 0.25) is 25.7 Å². The molecule has 0 saturated carbocycles. The maximum absolute atomic E-state index is 12.5. The van der Waals surface area contributed by atoms with Gasteiger partial charge in [-0.3, -0.25) is 0 Å². The largest absolute Gasteiger partial charge is 0.444 e. The molecule has 2 aliphatic heterocycles. The first-order valence-electron chi connectivity index (χ1n) is 12.4. The van der Waals surface area contributed by atoms with Gasteiger partial charge in [0.25, 0.3) is 0 Å². The van der Waals surface area contributed by atoms with E-state index in [4.69, 9.17) is 24.2 Å². The second-order valence-corrected chi connectivity index (χ2v) is 17.2. The van der Waals surface area contributed by atoms with Crippen LogP contribution in [0.25, 0.3) is 16.7 Å². The molecule has 0 aliphatic carbocycles. The van der Waals surface area contributed by atoms with E-state index >= 15 is 0 Å². The molecule has 1 fully saturated rings. The van der Waals surface area contributed by atoms with Crippen molar-refractivity contribution in [3.63, 3.8) is 0 Å². The number of fused-ring (bicyclic) bond motifs is 1. The zero-order valence-electron chi connectivity index (χ0n) is 21.9. The van der Waals surface area contributed by atoms with Crippen LogP contribution in [0.5, 0.6) is 0 Å². The lowest BCUT2D eigenvalue weighted by atomic mass is 10.0. The maximum Gasteiger partial charge on any atom is 0.410 e. The summed E-state index contributed by atoms with van der Waals surface area (Å²) in [6.07, 6.45) is 6.41. The highest BCUT2D eigenvalue weighted by atomic mass is 28.3. The second-order valence-electron chi connectivity index (χ2n) is 11.6. The monoisotopic (exact) mass is 501 g/mol. The molecule has 2 aromatic heterocycles. The summed E-state index contributed by atoms with van der Waals surface area (Å²) < 4.78 is 18.9. The number of amides is 1. The highest BCUT2D eigenvalue weighted by Gasteiger charge is 2.26. The Bertz CT molecular complexity index is 1080. The number of ether oxygens (including phenoxy) is 3. The standard InChI is InChI=1S/C25H39N5O4Si/c1-25(2,3)34-24(31)29-9-7-18(8-10-29)20-14-30(17-32-11-12-35(4,5)6)23-22(20)28-21(13-26-23)27-19-15-33-16-19/h7,13-14,19H,8-12,15-17H2,1-6H3,(H,27,28). The Morgan fingerprint density at radius 2 is 2.06 bits per heavy atom. The van der Waals surface area contributed by atoms with Gasteiger partial charge in [-0.1, -0.05) is 25.7 Å². The molecule has 4 rings (SSSR count). The van der Waals surface area contributed by atoms with Crippen molar-refractivity contribution >= 4 is 36.7 Å². The van der Waals surface area contributed by atoms with E-state index in [1.807, 2.05) is 25.3 Å². The number of carbonyl (C=O) groups is 1. The topological polar surface area (TPSA) is 90.7 Å². The maximum atomic E-state index is 12.5. The quantitative estimate of drug-likeness (QED) is 0.418. The molecule has 192 valence electrons. The van der Waals surface area contributed by atoms with Crippen LogP contribution < -0.4 is 5.32 Å². The minimum atomic E-state index is -1.16. The molecule has 9 nitrogen and oxygen atoms in total. The Hall–Kier alpha value is -2.43. The molecule has 0 unspecified atom stereocenters. The minimum absolute atomic E-state index is 0.272. The SMILES string of the molecule is CC(C)(C)OC(=O)N1CC=C(c2cn(COCC[Si](C)(C)C)c3ncc(NC4COC4)nc23)CC1.